The van der Waals surface area contributed by atoms with Gasteiger partial charge in [0.1, 0.15) is 0 Å². The normalized spacial score (nSPS) is 14.7. The molecule has 15 heteroatoms. The van der Waals surface area contributed by atoms with Gasteiger partial charge in [-0.2, -0.15) is 13.2 Å². The Kier molecular flexibility index (Phi) is 9.77. The van der Waals surface area contributed by atoms with E-state index in [1.165, 1.54) is 0 Å². The van der Waals surface area contributed by atoms with Gasteiger partial charge in [0.25, 0.3) is 0 Å². The molecule has 12 nitrogen and oxygen atoms in total. The van der Waals surface area contributed by atoms with Gasteiger partial charge in [-0.1, -0.05) is 26.2 Å². The fourth-order valence-electron chi connectivity index (χ4n) is 3.91. The number of carbonyl (C=O) groups excluding carboxylic acids is 2. The Morgan fingerprint density at radius 2 is 1.84 bits per heavy atom. The molecule has 0 aromatic carbocycles. The summed E-state index contributed by atoms with van der Waals surface area (Å²) in [7, 11) is 0. The highest BCUT2D eigenvalue weighted by Gasteiger charge is 2.38. The van der Waals surface area contributed by atoms with Gasteiger partial charge in [-0.15, -0.1) is 0 Å². The average Bonchev–Trinajstić information content (AvgIpc) is 2.91. The second-order valence-electron chi connectivity index (χ2n) is 8.48. The van der Waals surface area contributed by atoms with E-state index < -0.39 is 29.6 Å². The third-order valence-electron chi connectivity index (χ3n) is 5.85. The zero-order valence-electron chi connectivity index (χ0n) is 20.4. The number of nitrogens with zero attached hydrogens (tertiary/aromatic N) is 7. The van der Waals surface area contributed by atoms with Crippen molar-refractivity contribution in [2.24, 2.45) is 5.92 Å². The van der Waals surface area contributed by atoms with Gasteiger partial charge in [0, 0.05) is 38.6 Å². The monoisotopic (exact) mass is 525 g/mol. The molecule has 1 aliphatic heterocycles. The van der Waals surface area contributed by atoms with Crippen molar-refractivity contribution in [1.82, 2.24) is 30.4 Å². The first-order valence-electron chi connectivity index (χ1n) is 11.9. The number of hydroxylamine groups is 2. The highest BCUT2D eigenvalue weighted by Crippen LogP contribution is 2.35. The molecular formula is C22H30F3N9O3. The molecule has 202 valence electrons. The first-order valence-corrected chi connectivity index (χ1v) is 11.9. The van der Waals surface area contributed by atoms with E-state index in [0.717, 1.165) is 19.0 Å². The lowest BCUT2D eigenvalue weighted by molar-refractivity contribution is -0.154. The molecule has 1 fully saturated rings. The Labute approximate surface area is 211 Å². The molecule has 37 heavy (non-hydrogen) atoms. The Morgan fingerprint density at radius 1 is 1.16 bits per heavy atom. The summed E-state index contributed by atoms with van der Waals surface area (Å²) in [4.78, 5) is 42.7. The number of anilines is 3. The molecule has 1 aliphatic rings. The molecule has 2 aromatic rings. The fourth-order valence-corrected chi connectivity index (χ4v) is 3.91. The van der Waals surface area contributed by atoms with Crippen molar-refractivity contribution in [3.05, 3.63) is 30.4 Å². The zero-order valence-corrected chi connectivity index (χ0v) is 20.4. The van der Waals surface area contributed by atoms with Crippen LogP contribution in [0.25, 0.3) is 0 Å². The van der Waals surface area contributed by atoms with Crippen molar-refractivity contribution in [2.45, 2.75) is 38.8 Å². The number of hydrazine groups is 1. The van der Waals surface area contributed by atoms with Crippen LogP contribution in [0, 0.1) is 5.92 Å². The number of alkyl halides is 3. The van der Waals surface area contributed by atoms with Gasteiger partial charge in [-0.25, -0.2) is 25.0 Å². The van der Waals surface area contributed by atoms with Crippen LogP contribution in [0.4, 0.5) is 30.8 Å². The molecule has 2 aromatic heterocycles. The minimum atomic E-state index is -4.76. The van der Waals surface area contributed by atoms with E-state index in [4.69, 9.17) is 0 Å². The maximum Gasteiger partial charge on any atom is 0.435 e. The molecule has 0 unspecified atom stereocenters. The first-order chi connectivity index (χ1) is 17.7. The maximum atomic E-state index is 13.9. The van der Waals surface area contributed by atoms with Gasteiger partial charge in [-0.05, 0) is 12.5 Å². The van der Waals surface area contributed by atoms with Crippen LogP contribution >= 0.6 is 0 Å². The zero-order chi connectivity index (χ0) is 26.8. The number of rotatable bonds is 12. The highest BCUT2D eigenvalue weighted by atomic mass is 19.4. The summed E-state index contributed by atoms with van der Waals surface area (Å²) in [5, 5.41) is 9.84. The molecule has 3 N–H and O–H groups in total. The van der Waals surface area contributed by atoms with E-state index in [9.17, 15) is 28.0 Å². The van der Waals surface area contributed by atoms with E-state index in [-0.39, 0.29) is 31.7 Å². The lowest BCUT2D eigenvalue weighted by Gasteiger charge is -2.36. The van der Waals surface area contributed by atoms with Crippen LogP contribution in [-0.4, -0.2) is 75.2 Å². The van der Waals surface area contributed by atoms with Crippen LogP contribution in [0.3, 0.4) is 0 Å². The standard InChI is InChI=1S/C22H30F3N9O3/c1-2-3-4-6-16(14-34(37)15-35)19(36)30-31-20-28-13-17(18(29-20)22(23,24)25)32-9-11-33(12-10-32)21-26-7-5-8-27-21/h5,7-8,13,15-16,37H,2-4,6,9-12,14H2,1H3,(H,30,36)(H,28,29,31)/t16-/m1/s1. The number of nitrogens with one attached hydrogen (secondary N) is 2. The van der Waals surface area contributed by atoms with Gasteiger partial charge >= 0.3 is 6.18 Å². The Morgan fingerprint density at radius 3 is 2.46 bits per heavy atom. The topological polar surface area (TPSA) is 140 Å². The molecule has 2 amide bonds. The third-order valence-corrected chi connectivity index (χ3v) is 5.85. The van der Waals surface area contributed by atoms with Crippen LogP contribution in [0.1, 0.15) is 38.3 Å². The summed E-state index contributed by atoms with van der Waals surface area (Å²) < 4.78 is 41.6. The quantitative estimate of drug-likeness (QED) is 0.163. The summed E-state index contributed by atoms with van der Waals surface area (Å²) in [6, 6.07) is 1.68. The number of aromatic nitrogens is 4. The number of carbonyl (C=O) groups is 2. The summed E-state index contributed by atoms with van der Waals surface area (Å²) in [5.74, 6) is -1.32. The molecule has 1 atom stereocenters. The molecule has 0 saturated carbocycles. The van der Waals surface area contributed by atoms with Crippen molar-refractivity contribution in [3.8, 4) is 0 Å². The van der Waals surface area contributed by atoms with Crippen LogP contribution < -0.4 is 20.7 Å². The van der Waals surface area contributed by atoms with Gasteiger partial charge in [-0.3, -0.25) is 25.6 Å². The number of piperazine rings is 1. The van der Waals surface area contributed by atoms with Gasteiger partial charge < -0.3 is 9.80 Å². The van der Waals surface area contributed by atoms with E-state index in [1.807, 2.05) is 11.8 Å². The van der Waals surface area contributed by atoms with E-state index in [1.54, 1.807) is 23.4 Å². The Balaban J connectivity index is 1.67. The molecular weight excluding hydrogens is 495 g/mol. The van der Waals surface area contributed by atoms with Crippen LogP contribution in [0.2, 0.25) is 0 Å². The molecule has 0 spiro atoms. The third kappa shape index (κ3) is 7.87. The second-order valence-corrected chi connectivity index (χ2v) is 8.48. The minimum absolute atomic E-state index is 0.169. The second kappa shape index (κ2) is 13.0. The largest absolute Gasteiger partial charge is 0.435 e. The smallest absolute Gasteiger partial charge is 0.365 e. The summed E-state index contributed by atoms with van der Waals surface area (Å²) in [6.45, 7) is 3.12. The fraction of sp³-hybridized carbons (Fsp3) is 0.545. The van der Waals surface area contributed by atoms with Gasteiger partial charge in [0.15, 0.2) is 5.69 Å². The molecule has 0 aliphatic carbocycles. The predicted octanol–water partition coefficient (Wildman–Crippen LogP) is 2.10. The molecule has 0 bridgehead atoms. The van der Waals surface area contributed by atoms with Crippen molar-refractivity contribution in [1.29, 1.82) is 0 Å². The van der Waals surface area contributed by atoms with Gasteiger partial charge in [0.2, 0.25) is 24.2 Å². The molecule has 3 rings (SSSR count). The van der Waals surface area contributed by atoms with Crippen LogP contribution in [0.5, 0.6) is 0 Å². The summed E-state index contributed by atoms with van der Waals surface area (Å²) >= 11 is 0. The predicted molar refractivity (Wildman–Crippen MR) is 127 cm³/mol. The first kappa shape index (κ1) is 27.8. The minimum Gasteiger partial charge on any atom is -0.365 e. The average molecular weight is 526 g/mol. The number of hydrogen-bond donors (Lipinski definition) is 3. The van der Waals surface area contributed by atoms with Crippen molar-refractivity contribution in [2.75, 3.05) is 47.9 Å². The molecule has 0 radical (unpaired) electrons. The van der Waals surface area contributed by atoms with Crippen molar-refractivity contribution in [3.63, 3.8) is 0 Å². The number of unbranched alkanes of at least 4 members (excludes halogenated alkanes) is 2. The van der Waals surface area contributed by atoms with E-state index in [2.05, 4.69) is 30.8 Å². The Bertz CT molecular complexity index is 1020. The van der Waals surface area contributed by atoms with Crippen molar-refractivity contribution >= 4 is 29.9 Å². The van der Waals surface area contributed by atoms with Crippen molar-refractivity contribution < 1.29 is 28.0 Å². The highest BCUT2D eigenvalue weighted by molar-refractivity contribution is 5.80. The summed E-state index contributed by atoms with van der Waals surface area (Å²) in [6.07, 6.45) is 2.48. The van der Waals surface area contributed by atoms with Crippen LogP contribution in [-0.2, 0) is 15.8 Å². The van der Waals surface area contributed by atoms with Gasteiger partial charge in [0.05, 0.1) is 24.3 Å². The Hall–Kier alpha value is -3.75. The van der Waals surface area contributed by atoms with Crippen LogP contribution in [0.15, 0.2) is 24.7 Å². The number of halogens is 3. The van der Waals surface area contributed by atoms with E-state index >= 15 is 0 Å². The lowest BCUT2D eigenvalue weighted by Crippen LogP contribution is -2.47. The number of amides is 2. The molecule has 3 heterocycles. The lowest BCUT2D eigenvalue weighted by atomic mass is 10.0. The SMILES string of the molecule is CCCCC[C@H](CN(O)C=O)C(=O)NNc1ncc(N2CCN(c3ncccn3)CC2)c(C(F)(F)F)n1. The maximum absolute atomic E-state index is 13.9. The summed E-state index contributed by atoms with van der Waals surface area (Å²) in [5.41, 5.74) is 3.31. The number of hydrogen-bond acceptors (Lipinski definition) is 10. The van der Waals surface area contributed by atoms with E-state index in [0.29, 0.717) is 36.9 Å². The molecule has 1 saturated heterocycles.